The maximum absolute atomic E-state index is 12.5. The molecular formula is C16H20N2O. The number of nitrogens with zero attached hydrogens (tertiary/aromatic N) is 2. The van der Waals surface area contributed by atoms with Crippen molar-refractivity contribution >= 4 is 5.78 Å². The Morgan fingerprint density at radius 2 is 2.00 bits per heavy atom. The number of ketones is 1. The van der Waals surface area contributed by atoms with E-state index in [4.69, 9.17) is 0 Å². The Balaban J connectivity index is 2.23. The van der Waals surface area contributed by atoms with E-state index in [0.29, 0.717) is 0 Å². The van der Waals surface area contributed by atoms with Gasteiger partial charge in [-0.15, -0.1) is 0 Å². The predicted octanol–water partition coefficient (Wildman–Crippen LogP) is 3.59. The van der Waals surface area contributed by atoms with E-state index in [1.165, 1.54) is 5.56 Å². The van der Waals surface area contributed by atoms with Crippen LogP contribution in [0.4, 0.5) is 0 Å². The molecule has 0 spiro atoms. The Labute approximate surface area is 114 Å². The summed E-state index contributed by atoms with van der Waals surface area (Å²) in [5, 5.41) is 0. The van der Waals surface area contributed by atoms with Crippen LogP contribution in [-0.2, 0) is 6.42 Å². The first kappa shape index (κ1) is 13.5. The minimum atomic E-state index is -0.202. The molecule has 2 rings (SSSR count). The molecule has 0 radical (unpaired) electrons. The molecule has 3 nitrogen and oxygen atoms in total. The van der Waals surface area contributed by atoms with Gasteiger partial charge in [0.05, 0.1) is 6.04 Å². The standard InChI is InChI=1S/C16H20N2O/c1-4-5-15-17-10-11-18(15)13(3)16(19)14-8-6-12(2)7-9-14/h6-11,13H,4-5H2,1-3H3. The van der Waals surface area contributed by atoms with Gasteiger partial charge in [0.15, 0.2) is 5.78 Å². The molecule has 1 atom stereocenters. The number of aryl methyl sites for hydroxylation is 2. The van der Waals surface area contributed by atoms with Crippen LogP contribution >= 0.6 is 0 Å². The first-order valence-electron chi connectivity index (χ1n) is 6.76. The highest BCUT2D eigenvalue weighted by Crippen LogP contribution is 2.17. The highest BCUT2D eigenvalue weighted by Gasteiger charge is 2.18. The van der Waals surface area contributed by atoms with Crippen LogP contribution in [0, 0.1) is 6.92 Å². The lowest BCUT2D eigenvalue weighted by Crippen LogP contribution is -2.18. The maximum atomic E-state index is 12.5. The monoisotopic (exact) mass is 256 g/mol. The zero-order valence-corrected chi connectivity index (χ0v) is 11.8. The van der Waals surface area contributed by atoms with E-state index in [-0.39, 0.29) is 11.8 Å². The van der Waals surface area contributed by atoms with Crippen LogP contribution in [0.5, 0.6) is 0 Å². The number of aromatic nitrogens is 2. The summed E-state index contributed by atoms with van der Waals surface area (Å²) < 4.78 is 1.98. The molecule has 0 aliphatic heterocycles. The van der Waals surface area contributed by atoms with E-state index in [1.807, 2.05) is 48.9 Å². The second-order valence-electron chi connectivity index (χ2n) is 4.91. The van der Waals surface area contributed by atoms with Crippen molar-refractivity contribution in [2.45, 2.75) is 39.7 Å². The van der Waals surface area contributed by atoms with Crippen molar-refractivity contribution in [3.63, 3.8) is 0 Å². The Kier molecular flexibility index (Phi) is 4.15. The average molecular weight is 256 g/mol. The molecule has 1 aromatic carbocycles. The molecule has 0 saturated carbocycles. The summed E-state index contributed by atoms with van der Waals surface area (Å²) >= 11 is 0. The van der Waals surface area contributed by atoms with Crippen LogP contribution < -0.4 is 0 Å². The van der Waals surface area contributed by atoms with E-state index in [9.17, 15) is 4.79 Å². The molecular weight excluding hydrogens is 236 g/mol. The number of carbonyl (C=O) groups excluding carboxylic acids is 1. The number of benzene rings is 1. The first-order chi connectivity index (χ1) is 9.13. The Morgan fingerprint density at radius 3 is 2.63 bits per heavy atom. The van der Waals surface area contributed by atoms with Gasteiger partial charge < -0.3 is 4.57 Å². The number of carbonyl (C=O) groups is 1. The normalized spacial score (nSPS) is 12.4. The number of hydrogen-bond acceptors (Lipinski definition) is 2. The first-order valence-corrected chi connectivity index (χ1v) is 6.76. The van der Waals surface area contributed by atoms with Gasteiger partial charge in [-0.25, -0.2) is 4.98 Å². The Hall–Kier alpha value is -1.90. The molecule has 100 valence electrons. The Morgan fingerprint density at radius 1 is 1.32 bits per heavy atom. The van der Waals surface area contributed by atoms with E-state index < -0.39 is 0 Å². The fraction of sp³-hybridized carbons (Fsp3) is 0.375. The number of rotatable bonds is 5. The summed E-state index contributed by atoms with van der Waals surface area (Å²) in [7, 11) is 0. The third-order valence-corrected chi connectivity index (χ3v) is 3.36. The molecule has 0 aliphatic carbocycles. The van der Waals surface area contributed by atoms with Gasteiger partial charge in [-0.05, 0) is 20.3 Å². The molecule has 19 heavy (non-hydrogen) atoms. The highest BCUT2D eigenvalue weighted by molar-refractivity contribution is 5.98. The zero-order chi connectivity index (χ0) is 13.8. The van der Waals surface area contributed by atoms with Gasteiger partial charge in [-0.1, -0.05) is 36.8 Å². The van der Waals surface area contributed by atoms with Crippen LogP contribution in [0.3, 0.4) is 0 Å². The lowest BCUT2D eigenvalue weighted by atomic mass is 10.0. The summed E-state index contributed by atoms with van der Waals surface area (Å²) in [5.74, 6) is 1.12. The van der Waals surface area contributed by atoms with E-state index in [0.717, 1.165) is 24.2 Å². The number of imidazole rings is 1. The minimum Gasteiger partial charge on any atom is -0.324 e. The molecule has 2 aromatic rings. The van der Waals surface area contributed by atoms with Crippen LogP contribution in [-0.4, -0.2) is 15.3 Å². The highest BCUT2D eigenvalue weighted by atomic mass is 16.1. The number of Topliss-reactive ketones (excluding diaryl/α,β-unsaturated/α-hetero) is 1. The summed E-state index contributed by atoms with van der Waals surface area (Å²) in [4.78, 5) is 16.8. The third-order valence-electron chi connectivity index (χ3n) is 3.36. The molecule has 0 N–H and O–H groups in total. The van der Waals surface area contributed by atoms with E-state index in [2.05, 4.69) is 11.9 Å². The number of hydrogen-bond donors (Lipinski definition) is 0. The lowest BCUT2D eigenvalue weighted by molar-refractivity contribution is 0.0933. The summed E-state index contributed by atoms with van der Waals surface area (Å²) in [6.45, 7) is 6.07. The van der Waals surface area contributed by atoms with Gasteiger partial charge in [0.2, 0.25) is 0 Å². The molecule has 1 unspecified atom stereocenters. The summed E-state index contributed by atoms with van der Waals surface area (Å²) in [5.41, 5.74) is 1.92. The van der Waals surface area contributed by atoms with Crippen LogP contribution in [0.1, 0.15) is 48.1 Å². The molecule has 3 heteroatoms. The molecule has 1 heterocycles. The van der Waals surface area contributed by atoms with Crippen molar-refractivity contribution in [1.82, 2.24) is 9.55 Å². The van der Waals surface area contributed by atoms with E-state index in [1.54, 1.807) is 6.20 Å². The summed E-state index contributed by atoms with van der Waals surface area (Å²) in [6.07, 6.45) is 5.59. The van der Waals surface area contributed by atoms with Crippen molar-refractivity contribution in [2.75, 3.05) is 0 Å². The smallest absolute Gasteiger partial charge is 0.185 e. The topological polar surface area (TPSA) is 34.9 Å². The average Bonchev–Trinajstić information content (AvgIpc) is 2.87. The van der Waals surface area contributed by atoms with Crippen molar-refractivity contribution in [3.8, 4) is 0 Å². The van der Waals surface area contributed by atoms with Crippen molar-refractivity contribution in [3.05, 3.63) is 53.6 Å². The third kappa shape index (κ3) is 2.92. The van der Waals surface area contributed by atoms with Crippen molar-refractivity contribution in [1.29, 1.82) is 0 Å². The van der Waals surface area contributed by atoms with Gasteiger partial charge >= 0.3 is 0 Å². The van der Waals surface area contributed by atoms with Crippen LogP contribution in [0.2, 0.25) is 0 Å². The lowest BCUT2D eigenvalue weighted by Gasteiger charge is -2.15. The summed E-state index contributed by atoms with van der Waals surface area (Å²) in [6, 6.07) is 7.53. The van der Waals surface area contributed by atoms with E-state index >= 15 is 0 Å². The molecule has 0 amide bonds. The second kappa shape index (κ2) is 5.83. The second-order valence-corrected chi connectivity index (χ2v) is 4.91. The molecule has 0 bridgehead atoms. The quantitative estimate of drug-likeness (QED) is 0.766. The van der Waals surface area contributed by atoms with Gasteiger partial charge in [0.1, 0.15) is 5.82 Å². The minimum absolute atomic E-state index is 0.135. The van der Waals surface area contributed by atoms with Gasteiger partial charge in [0.25, 0.3) is 0 Å². The SMILES string of the molecule is CCCc1nccn1C(C)C(=O)c1ccc(C)cc1. The van der Waals surface area contributed by atoms with Gasteiger partial charge in [-0.3, -0.25) is 4.79 Å². The molecule has 0 fully saturated rings. The Bertz CT molecular complexity index is 554. The molecule has 1 aromatic heterocycles. The maximum Gasteiger partial charge on any atom is 0.185 e. The largest absolute Gasteiger partial charge is 0.324 e. The fourth-order valence-corrected chi connectivity index (χ4v) is 2.20. The fourth-order valence-electron chi connectivity index (χ4n) is 2.20. The van der Waals surface area contributed by atoms with Gasteiger partial charge in [-0.2, -0.15) is 0 Å². The van der Waals surface area contributed by atoms with Crippen molar-refractivity contribution < 1.29 is 4.79 Å². The van der Waals surface area contributed by atoms with Gasteiger partial charge in [0, 0.05) is 24.4 Å². The van der Waals surface area contributed by atoms with Crippen LogP contribution in [0.25, 0.3) is 0 Å². The molecule has 0 aliphatic rings. The van der Waals surface area contributed by atoms with Crippen molar-refractivity contribution in [2.24, 2.45) is 0 Å². The van der Waals surface area contributed by atoms with Crippen LogP contribution in [0.15, 0.2) is 36.7 Å². The zero-order valence-electron chi connectivity index (χ0n) is 11.8. The molecule has 0 saturated heterocycles. The predicted molar refractivity (Wildman–Crippen MR) is 76.4 cm³/mol.